The summed E-state index contributed by atoms with van der Waals surface area (Å²) in [6.07, 6.45) is 1.62. The summed E-state index contributed by atoms with van der Waals surface area (Å²) in [5.74, 6) is -0.281. The maximum absolute atomic E-state index is 11.1. The number of esters is 1. The van der Waals surface area contributed by atoms with E-state index in [0.717, 1.165) is 4.48 Å². The van der Waals surface area contributed by atoms with Crippen LogP contribution in [0.1, 0.15) is 6.92 Å². The number of hydrogen-bond acceptors (Lipinski definition) is 3. The molecule has 0 N–H and O–H groups in total. The molecule has 0 saturated heterocycles. The van der Waals surface area contributed by atoms with Crippen molar-refractivity contribution in [2.24, 2.45) is 4.99 Å². The van der Waals surface area contributed by atoms with Crippen LogP contribution in [0, 0.1) is 0 Å². The molecule has 1 heterocycles. The summed E-state index contributed by atoms with van der Waals surface area (Å²) in [6.45, 7) is 2.62. The first-order chi connectivity index (χ1) is 5.25. The van der Waals surface area contributed by atoms with Crippen LogP contribution < -0.4 is 0 Å². The van der Waals surface area contributed by atoms with Crippen LogP contribution in [0.25, 0.3) is 0 Å². The Morgan fingerprint density at radius 2 is 2.64 bits per heavy atom. The van der Waals surface area contributed by atoms with E-state index in [0.29, 0.717) is 18.7 Å². The minimum absolute atomic E-state index is 0.281. The molecule has 0 atom stereocenters. The molecule has 1 rings (SSSR count). The van der Waals surface area contributed by atoms with Gasteiger partial charge in [0.2, 0.25) is 0 Å². The number of hydrogen-bond donors (Lipinski definition) is 0. The molecule has 0 fully saturated rings. The summed E-state index contributed by atoms with van der Waals surface area (Å²) >= 11 is 3.20. The Kier molecular flexibility index (Phi) is 2.82. The zero-order valence-electron chi connectivity index (χ0n) is 6.13. The summed E-state index contributed by atoms with van der Waals surface area (Å²) in [6, 6.07) is 0. The zero-order chi connectivity index (χ0) is 8.27. The van der Waals surface area contributed by atoms with E-state index in [1.54, 1.807) is 13.1 Å². The fourth-order valence-electron chi connectivity index (χ4n) is 0.751. The molecule has 4 heteroatoms. The van der Waals surface area contributed by atoms with Gasteiger partial charge in [-0.1, -0.05) is 0 Å². The van der Waals surface area contributed by atoms with Gasteiger partial charge in [0, 0.05) is 10.7 Å². The molecule has 1 aliphatic heterocycles. The molecule has 60 valence electrons. The Morgan fingerprint density at radius 3 is 3.09 bits per heavy atom. The van der Waals surface area contributed by atoms with Crippen molar-refractivity contribution in [3.05, 3.63) is 10.1 Å². The number of carbonyl (C=O) groups excluding carboxylic acids is 1. The van der Waals surface area contributed by atoms with Crippen molar-refractivity contribution in [1.29, 1.82) is 0 Å². The van der Waals surface area contributed by atoms with Crippen LogP contribution in [0.5, 0.6) is 0 Å². The molecule has 0 radical (unpaired) electrons. The first kappa shape index (κ1) is 8.46. The molecular formula is C7H8BrNO2. The van der Waals surface area contributed by atoms with E-state index in [1.807, 2.05) is 0 Å². The fraction of sp³-hybridized carbons (Fsp3) is 0.429. The molecule has 0 unspecified atom stereocenters. The number of rotatable bonds is 2. The van der Waals surface area contributed by atoms with Gasteiger partial charge in [0.15, 0.2) is 0 Å². The van der Waals surface area contributed by atoms with E-state index in [9.17, 15) is 4.79 Å². The van der Waals surface area contributed by atoms with Crippen molar-refractivity contribution in [2.75, 3.05) is 13.2 Å². The number of aliphatic imine (C=N–C) groups is 1. The molecule has 0 bridgehead atoms. The molecule has 0 aromatic carbocycles. The van der Waals surface area contributed by atoms with Gasteiger partial charge in [0.05, 0.1) is 18.7 Å². The van der Waals surface area contributed by atoms with Gasteiger partial charge in [-0.15, -0.1) is 0 Å². The predicted molar refractivity (Wildman–Crippen MR) is 45.9 cm³/mol. The molecule has 0 aliphatic carbocycles. The highest BCUT2D eigenvalue weighted by molar-refractivity contribution is 9.12. The number of ether oxygens (including phenoxy) is 1. The van der Waals surface area contributed by atoms with Crippen LogP contribution in [0.15, 0.2) is 15.0 Å². The summed E-state index contributed by atoms with van der Waals surface area (Å²) in [5, 5.41) is 0. The second-order valence-corrected chi connectivity index (χ2v) is 2.87. The second kappa shape index (κ2) is 3.67. The van der Waals surface area contributed by atoms with Gasteiger partial charge in [-0.25, -0.2) is 4.79 Å². The lowest BCUT2D eigenvalue weighted by molar-refractivity contribution is -0.138. The van der Waals surface area contributed by atoms with Crippen molar-refractivity contribution in [3.63, 3.8) is 0 Å². The van der Waals surface area contributed by atoms with E-state index in [-0.39, 0.29) is 5.97 Å². The number of carbonyl (C=O) groups is 1. The number of halogens is 1. The average Bonchev–Trinajstić information content (AvgIpc) is 2.36. The van der Waals surface area contributed by atoms with Crippen molar-refractivity contribution < 1.29 is 9.53 Å². The van der Waals surface area contributed by atoms with Crippen LogP contribution >= 0.6 is 15.9 Å². The minimum atomic E-state index is -0.281. The van der Waals surface area contributed by atoms with Gasteiger partial charge in [0.25, 0.3) is 0 Å². The van der Waals surface area contributed by atoms with Crippen LogP contribution in [-0.4, -0.2) is 25.3 Å². The van der Waals surface area contributed by atoms with Crippen LogP contribution in [0.3, 0.4) is 0 Å². The van der Waals surface area contributed by atoms with Crippen LogP contribution in [0.4, 0.5) is 0 Å². The molecule has 1 aliphatic rings. The quantitative estimate of drug-likeness (QED) is 0.655. The first-order valence-corrected chi connectivity index (χ1v) is 4.10. The highest BCUT2D eigenvalue weighted by atomic mass is 79.9. The lowest BCUT2D eigenvalue weighted by Crippen LogP contribution is -2.09. The highest BCUT2D eigenvalue weighted by Gasteiger charge is 2.16. The average molecular weight is 218 g/mol. The normalized spacial score (nSPS) is 15.8. The summed E-state index contributed by atoms with van der Waals surface area (Å²) in [5.41, 5.74) is 0.604. The summed E-state index contributed by atoms with van der Waals surface area (Å²) in [7, 11) is 0. The lowest BCUT2D eigenvalue weighted by Gasteiger charge is -2.00. The first-order valence-electron chi connectivity index (χ1n) is 3.31. The number of nitrogens with zero attached hydrogens (tertiary/aromatic N) is 1. The van der Waals surface area contributed by atoms with Gasteiger partial charge in [-0.2, -0.15) is 0 Å². The molecule has 0 amide bonds. The predicted octanol–water partition coefficient (Wildman–Crippen LogP) is 1.28. The third-order valence-electron chi connectivity index (χ3n) is 1.26. The molecule has 0 aromatic rings. The van der Waals surface area contributed by atoms with E-state index in [1.165, 1.54) is 0 Å². The van der Waals surface area contributed by atoms with Gasteiger partial charge < -0.3 is 4.74 Å². The molecule has 0 aromatic heterocycles. The second-order valence-electron chi connectivity index (χ2n) is 2.02. The Balaban J connectivity index is 2.62. The lowest BCUT2D eigenvalue weighted by atomic mass is 10.3. The van der Waals surface area contributed by atoms with Crippen molar-refractivity contribution >= 4 is 28.1 Å². The summed E-state index contributed by atoms with van der Waals surface area (Å²) in [4.78, 5) is 15.0. The van der Waals surface area contributed by atoms with E-state index in [2.05, 4.69) is 20.9 Å². The SMILES string of the molecule is CCOC(=O)C1=C(Br)C=NC1. The van der Waals surface area contributed by atoms with E-state index < -0.39 is 0 Å². The monoisotopic (exact) mass is 217 g/mol. The molecular weight excluding hydrogens is 210 g/mol. The van der Waals surface area contributed by atoms with Gasteiger partial charge >= 0.3 is 5.97 Å². The van der Waals surface area contributed by atoms with Crippen LogP contribution in [0.2, 0.25) is 0 Å². The van der Waals surface area contributed by atoms with Gasteiger partial charge in [-0.3, -0.25) is 4.99 Å². The maximum Gasteiger partial charge on any atom is 0.337 e. The van der Waals surface area contributed by atoms with Crippen molar-refractivity contribution in [1.82, 2.24) is 0 Å². The molecule has 3 nitrogen and oxygen atoms in total. The van der Waals surface area contributed by atoms with E-state index in [4.69, 9.17) is 4.74 Å². The third kappa shape index (κ3) is 1.89. The molecule has 0 saturated carbocycles. The minimum Gasteiger partial charge on any atom is -0.463 e. The zero-order valence-corrected chi connectivity index (χ0v) is 7.72. The number of allylic oxidation sites excluding steroid dienone is 1. The van der Waals surface area contributed by atoms with Crippen LogP contribution in [-0.2, 0) is 9.53 Å². The maximum atomic E-state index is 11.1. The largest absolute Gasteiger partial charge is 0.463 e. The van der Waals surface area contributed by atoms with E-state index >= 15 is 0 Å². The molecule has 11 heavy (non-hydrogen) atoms. The Labute approximate surface area is 73.3 Å². The Bertz CT molecular complexity index is 233. The smallest absolute Gasteiger partial charge is 0.337 e. The van der Waals surface area contributed by atoms with Crippen molar-refractivity contribution in [3.8, 4) is 0 Å². The Morgan fingerprint density at radius 1 is 1.91 bits per heavy atom. The fourth-order valence-corrected chi connectivity index (χ4v) is 1.18. The topological polar surface area (TPSA) is 38.7 Å². The standard InChI is InChI=1S/C7H8BrNO2/c1-2-11-7(10)5-3-9-4-6(5)8/h4H,2-3H2,1H3. The van der Waals surface area contributed by atoms with Gasteiger partial charge in [0.1, 0.15) is 0 Å². The van der Waals surface area contributed by atoms with Gasteiger partial charge in [-0.05, 0) is 22.9 Å². The molecule has 0 spiro atoms. The third-order valence-corrected chi connectivity index (χ3v) is 1.95. The summed E-state index contributed by atoms with van der Waals surface area (Å²) < 4.78 is 5.52. The van der Waals surface area contributed by atoms with Crippen molar-refractivity contribution in [2.45, 2.75) is 6.92 Å². The Hall–Kier alpha value is -0.640. The highest BCUT2D eigenvalue weighted by Crippen LogP contribution is 2.16.